The van der Waals surface area contributed by atoms with Crippen LogP contribution in [0.25, 0.3) is 10.8 Å². The van der Waals surface area contributed by atoms with Crippen LogP contribution in [0.5, 0.6) is 5.75 Å². The third-order valence-electron chi connectivity index (χ3n) is 3.94. The molecule has 0 radical (unpaired) electrons. The predicted molar refractivity (Wildman–Crippen MR) is 100 cm³/mol. The zero-order chi connectivity index (χ0) is 18.5. The molecule has 0 saturated heterocycles. The van der Waals surface area contributed by atoms with Crippen LogP contribution in [0.1, 0.15) is 11.1 Å². The van der Waals surface area contributed by atoms with Crippen LogP contribution in [0.4, 0.5) is 0 Å². The highest BCUT2D eigenvalue weighted by molar-refractivity contribution is 5.81. The van der Waals surface area contributed by atoms with Crippen molar-refractivity contribution in [1.29, 1.82) is 0 Å². The van der Waals surface area contributed by atoms with Crippen molar-refractivity contribution in [2.45, 2.75) is 20.4 Å². The van der Waals surface area contributed by atoms with Gasteiger partial charge >= 0.3 is 0 Å². The smallest absolute Gasteiger partial charge is 0.275 e. The van der Waals surface area contributed by atoms with Crippen molar-refractivity contribution in [2.24, 2.45) is 0 Å². The van der Waals surface area contributed by atoms with Gasteiger partial charge in [0.1, 0.15) is 18.9 Å². The van der Waals surface area contributed by atoms with E-state index in [0.717, 1.165) is 22.3 Å². The van der Waals surface area contributed by atoms with Crippen molar-refractivity contribution in [3.63, 3.8) is 0 Å². The molecule has 0 unspecified atom stereocenters. The van der Waals surface area contributed by atoms with Crippen molar-refractivity contribution < 1.29 is 9.53 Å². The highest BCUT2D eigenvalue weighted by Crippen LogP contribution is 2.15. The summed E-state index contributed by atoms with van der Waals surface area (Å²) in [6.45, 7) is 4.61. The highest BCUT2D eigenvalue weighted by Gasteiger charge is 2.08. The number of aryl methyl sites for hydroxylation is 2. The lowest BCUT2D eigenvalue weighted by Gasteiger charge is -2.10. The number of nitrogens with one attached hydrogen (secondary N) is 1. The third kappa shape index (κ3) is 4.27. The molecule has 3 aromatic rings. The second kappa shape index (κ2) is 7.82. The van der Waals surface area contributed by atoms with E-state index in [9.17, 15) is 9.59 Å². The van der Waals surface area contributed by atoms with Crippen molar-refractivity contribution in [3.05, 3.63) is 70.1 Å². The minimum Gasteiger partial charge on any atom is -0.492 e. The summed E-state index contributed by atoms with van der Waals surface area (Å²) in [5, 5.41) is 8.11. The van der Waals surface area contributed by atoms with Crippen molar-refractivity contribution in [3.8, 4) is 5.75 Å². The number of carbonyl (C=O) groups excluding carboxylic acids is 1. The minimum absolute atomic E-state index is 0.118. The normalized spacial score (nSPS) is 10.7. The Labute approximate surface area is 151 Å². The zero-order valence-corrected chi connectivity index (χ0v) is 14.9. The van der Waals surface area contributed by atoms with Gasteiger partial charge in [-0.05, 0) is 43.2 Å². The van der Waals surface area contributed by atoms with Crippen LogP contribution < -0.4 is 15.6 Å². The van der Waals surface area contributed by atoms with E-state index in [4.69, 9.17) is 4.74 Å². The summed E-state index contributed by atoms with van der Waals surface area (Å²) in [5.41, 5.74) is 1.99. The first-order valence-electron chi connectivity index (χ1n) is 8.45. The second-order valence-corrected chi connectivity index (χ2v) is 6.22. The Bertz CT molecular complexity index is 975. The summed E-state index contributed by atoms with van der Waals surface area (Å²) < 4.78 is 6.82. The largest absolute Gasteiger partial charge is 0.492 e. The maximum atomic E-state index is 12.3. The minimum atomic E-state index is -0.279. The van der Waals surface area contributed by atoms with Gasteiger partial charge in [-0.2, -0.15) is 5.10 Å². The Hall–Kier alpha value is -3.15. The Morgan fingerprint density at radius 1 is 1.15 bits per heavy atom. The lowest BCUT2D eigenvalue weighted by molar-refractivity contribution is -0.122. The van der Waals surface area contributed by atoms with E-state index in [1.54, 1.807) is 18.3 Å². The number of nitrogens with zero attached hydrogens (tertiary/aromatic N) is 2. The Morgan fingerprint density at radius 3 is 2.65 bits per heavy atom. The molecule has 6 nitrogen and oxygen atoms in total. The zero-order valence-electron chi connectivity index (χ0n) is 14.9. The third-order valence-corrected chi connectivity index (χ3v) is 3.94. The van der Waals surface area contributed by atoms with Crippen molar-refractivity contribution in [1.82, 2.24) is 15.1 Å². The first-order valence-corrected chi connectivity index (χ1v) is 8.45. The van der Waals surface area contributed by atoms with Gasteiger partial charge in [0.05, 0.1) is 18.1 Å². The SMILES string of the molecule is Cc1cc(C)cc(OCCNC(=O)Cn2ncc3ccccc3c2=O)c1. The van der Waals surface area contributed by atoms with Crippen molar-refractivity contribution in [2.75, 3.05) is 13.2 Å². The molecule has 1 aromatic heterocycles. The van der Waals surface area contributed by atoms with Crippen LogP contribution in [-0.2, 0) is 11.3 Å². The van der Waals surface area contributed by atoms with Gasteiger partial charge in [0.25, 0.3) is 5.56 Å². The van der Waals surface area contributed by atoms with Crippen LogP contribution in [0, 0.1) is 13.8 Å². The van der Waals surface area contributed by atoms with E-state index in [1.807, 2.05) is 38.1 Å². The average molecular weight is 351 g/mol. The monoisotopic (exact) mass is 351 g/mol. The molecule has 6 heteroatoms. The Morgan fingerprint density at radius 2 is 1.88 bits per heavy atom. The quantitative estimate of drug-likeness (QED) is 0.691. The lowest BCUT2D eigenvalue weighted by atomic mass is 10.1. The van der Waals surface area contributed by atoms with E-state index < -0.39 is 0 Å². The summed E-state index contributed by atoms with van der Waals surface area (Å²) >= 11 is 0. The summed E-state index contributed by atoms with van der Waals surface area (Å²) in [5.74, 6) is 0.503. The van der Waals surface area contributed by atoms with Crippen molar-refractivity contribution >= 4 is 16.7 Å². The molecule has 0 aliphatic heterocycles. The number of rotatable bonds is 6. The standard InChI is InChI=1S/C20H21N3O3/c1-14-9-15(2)11-17(10-14)26-8-7-21-19(24)13-23-20(25)18-6-4-3-5-16(18)12-22-23/h3-6,9-12H,7-8,13H2,1-2H3,(H,21,24). The average Bonchev–Trinajstić information content (AvgIpc) is 2.61. The highest BCUT2D eigenvalue weighted by atomic mass is 16.5. The van der Waals surface area contributed by atoms with Crippen LogP contribution in [0.2, 0.25) is 0 Å². The van der Waals surface area contributed by atoms with E-state index in [1.165, 1.54) is 4.68 Å². The molecule has 26 heavy (non-hydrogen) atoms. The fourth-order valence-corrected chi connectivity index (χ4v) is 2.81. The van der Waals surface area contributed by atoms with E-state index in [0.29, 0.717) is 18.5 Å². The molecule has 0 fully saturated rings. The first kappa shape index (κ1) is 17.7. The molecule has 0 aliphatic rings. The molecule has 0 aliphatic carbocycles. The van der Waals surface area contributed by atoms with E-state index >= 15 is 0 Å². The van der Waals surface area contributed by atoms with E-state index in [2.05, 4.69) is 16.5 Å². The Kier molecular flexibility index (Phi) is 5.31. The van der Waals surface area contributed by atoms with Gasteiger partial charge in [-0.3, -0.25) is 9.59 Å². The number of carbonyl (C=O) groups is 1. The first-order chi connectivity index (χ1) is 12.5. The summed E-state index contributed by atoms with van der Waals surface area (Å²) in [7, 11) is 0. The summed E-state index contributed by atoms with van der Waals surface area (Å²) in [6.07, 6.45) is 1.59. The number of hydrogen-bond donors (Lipinski definition) is 1. The number of amides is 1. The number of fused-ring (bicyclic) bond motifs is 1. The molecule has 0 spiro atoms. The molecular weight excluding hydrogens is 330 g/mol. The van der Waals surface area contributed by atoms with Crippen LogP contribution in [-0.4, -0.2) is 28.8 Å². The molecule has 134 valence electrons. The molecule has 0 bridgehead atoms. The molecule has 2 aromatic carbocycles. The van der Waals surface area contributed by atoms with Crippen LogP contribution >= 0.6 is 0 Å². The lowest BCUT2D eigenvalue weighted by Crippen LogP contribution is -2.35. The molecule has 0 atom stereocenters. The number of benzene rings is 2. The van der Waals surface area contributed by atoms with Crippen LogP contribution in [0.3, 0.4) is 0 Å². The van der Waals surface area contributed by atoms with Gasteiger partial charge in [0.15, 0.2) is 0 Å². The van der Waals surface area contributed by atoms with Gasteiger partial charge < -0.3 is 10.1 Å². The number of hydrogen-bond acceptors (Lipinski definition) is 4. The molecule has 1 amide bonds. The molecular formula is C20H21N3O3. The topological polar surface area (TPSA) is 73.2 Å². The van der Waals surface area contributed by atoms with Gasteiger partial charge in [0, 0.05) is 5.39 Å². The Balaban J connectivity index is 1.53. The maximum absolute atomic E-state index is 12.3. The van der Waals surface area contributed by atoms with Gasteiger partial charge in [-0.25, -0.2) is 4.68 Å². The predicted octanol–water partition coefficient (Wildman–Crippen LogP) is 2.21. The fraction of sp³-hybridized carbons (Fsp3) is 0.250. The summed E-state index contributed by atoms with van der Waals surface area (Å²) in [6, 6.07) is 13.2. The summed E-state index contributed by atoms with van der Waals surface area (Å²) in [4.78, 5) is 24.4. The molecule has 3 rings (SSSR count). The van der Waals surface area contributed by atoms with Crippen LogP contribution in [0.15, 0.2) is 53.5 Å². The molecule has 1 N–H and O–H groups in total. The number of aromatic nitrogens is 2. The van der Waals surface area contributed by atoms with E-state index in [-0.39, 0.29) is 18.0 Å². The van der Waals surface area contributed by atoms with Gasteiger partial charge in [0.2, 0.25) is 5.91 Å². The second-order valence-electron chi connectivity index (χ2n) is 6.22. The fourth-order valence-electron chi connectivity index (χ4n) is 2.81. The van der Waals surface area contributed by atoms with Gasteiger partial charge in [-0.1, -0.05) is 24.3 Å². The maximum Gasteiger partial charge on any atom is 0.275 e. The number of ether oxygens (including phenoxy) is 1. The molecule has 0 saturated carbocycles. The van der Waals surface area contributed by atoms with Gasteiger partial charge in [-0.15, -0.1) is 0 Å². The molecule has 1 heterocycles.